The standard InChI is InChI=1S/C9H13BrN2/c1-11-6-7-12-9-4-2-8(10)3-5-9/h2-5,11-12H,6-7H2,1H3. The summed E-state index contributed by atoms with van der Waals surface area (Å²) in [5, 5.41) is 6.37. The van der Waals surface area contributed by atoms with Crippen molar-refractivity contribution in [1.82, 2.24) is 5.32 Å². The van der Waals surface area contributed by atoms with Crippen molar-refractivity contribution in [3.05, 3.63) is 28.7 Å². The number of anilines is 1. The summed E-state index contributed by atoms with van der Waals surface area (Å²) in [4.78, 5) is 0. The van der Waals surface area contributed by atoms with E-state index in [9.17, 15) is 0 Å². The van der Waals surface area contributed by atoms with Crippen molar-refractivity contribution in [2.24, 2.45) is 0 Å². The number of halogens is 1. The van der Waals surface area contributed by atoms with Crippen molar-refractivity contribution in [3.8, 4) is 0 Å². The Morgan fingerprint density at radius 3 is 2.42 bits per heavy atom. The average Bonchev–Trinajstić information content (AvgIpc) is 2.09. The number of hydrogen-bond acceptors (Lipinski definition) is 2. The lowest BCUT2D eigenvalue weighted by molar-refractivity contribution is 0.824. The SMILES string of the molecule is CNCCNc1ccc(Br)cc1. The van der Waals surface area contributed by atoms with Crippen molar-refractivity contribution in [2.45, 2.75) is 0 Å². The van der Waals surface area contributed by atoms with Gasteiger partial charge < -0.3 is 10.6 Å². The molecule has 0 aliphatic carbocycles. The number of rotatable bonds is 4. The molecule has 0 saturated carbocycles. The van der Waals surface area contributed by atoms with E-state index in [0.29, 0.717) is 0 Å². The maximum Gasteiger partial charge on any atom is 0.0341 e. The number of nitrogens with one attached hydrogen (secondary N) is 2. The van der Waals surface area contributed by atoms with E-state index in [4.69, 9.17) is 0 Å². The van der Waals surface area contributed by atoms with Crippen LogP contribution >= 0.6 is 15.9 Å². The van der Waals surface area contributed by atoms with Gasteiger partial charge in [-0.1, -0.05) is 15.9 Å². The summed E-state index contributed by atoms with van der Waals surface area (Å²) in [6, 6.07) is 8.17. The maximum atomic E-state index is 3.39. The molecule has 0 heterocycles. The van der Waals surface area contributed by atoms with Gasteiger partial charge in [0, 0.05) is 23.2 Å². The fourth-order valence-electron chi connectivity index (χ4n) is 0.900. The van der Waals surface area contributed by atoms with Crippen LogP contribution < -0.4 is 10.6 Å². The predicted octanol–water partition coefficient (Wildman–Crippen LogP) is 2.08. The van der Waals surface area contributed by atoms with Gasteiger partial charge in [-0.15, -0.1) is 0 Å². The first-order chi connectivity index (χ1) is 5.83. The first-order valence-corrected chi connectivity index (χ1v) is 4.76. The van der Waals surface area contributed by atoms with Crippen molar-refractivity contribution in [3.63, 3.8) is 0 Å². The highest BCUT2D eigenvalue weighted by Gasteiger charge is 1.89. The topological polar surface area (TPSA) is 24.1 Å². The van der Waals surface area contributed by atoms with E-state index in [1.165, 1.54) is 0 Å². The second-order valence-electron chi connectivity index (χ2n) is 2.54. The van der Waals surface area contributed by atoms with E-state index < -0.39 is 0 Å². The smallest absolute Gasteiger partial charge is 0.0341 e. The second-order valence-corrected chi connectivity index (χ2v) is 3.45. The first-order valence-electron chi connectivity index (χ1n) is 3.97. The average molecular weight is 229 g/mol. The maximum absolute atomic E-state index is 3.39. The molecule has 1 aromatic carbocycles. The van der Waals surface area contributed by atoms with E-state index in [1.54, 1.807) is 0 Å². The van der Waals surface area contributed by atoms with Gasteiger partial charge in [-0.25, -0.2) is 0 Å². The van der Waals surface area contributed by atoms with Gasteiger partial charge in [-0.3, -0.25) is 0 Å². The zero-order valence-corrected chi connectivity index (χ0v) is 8.69. The van der Waals surface area contributed by atoms with Gasteiger partial charge in [0.05, 0.1) is 0 Å². The van der Waals surface area contributed by atoms with Crippen LogP contribution in [0.4, 0.5) is 5.69 Å². The monoisotopic (exact) mass is 228 g/mol. The van der Waals surface area contributed by atoms with Crippen LogP contribution in [0.15, 0.2) is 28.7 Å². The highest BCUT2D eigenvalue weighted by molar-refractivity contribution is 9.10. The molecular weight excluding hydrogens is 216 g/mol. The summed E-state index contributed by atoms with van der Waals surface area (Å²) in [5.41, 5.74) is 1.16. The van der Waals surface area contributed by atoms with Crippen LogP contribution in [-0.4, -0.2) is 20.1 Å². The van der Waals surface area contributed by atoms with Crippen molar-refractivity contribution in [1.29, 1.82) is 0 Å². The van der Waals surface area contributed by atoms with Crippen LogP contribution in [0.5, 0.6) is 0 Å². The molecule has 1 rings (SSSR count). The molecule has 0 unspecified atom stereocenters. The lowest BCUT2D eigenvalue weighted by Crippen LogP contribution is -2.17. The number of likely N-dealkylation sites (N-methyl/N-ethyl adjacent to an activating group) is 1. The summed E-state index contributed by atoms with van der Waals surface area (Å²) in [7, 11) is 1.95. The zero-order chi connectivity index (χ0) is 8.81. The Labute approximate surface area is 81.5 Å². The van der Waals surface area contributed by atoms with Crippen LogP contribution in [0.2, 0.25) is 0 Å². The van der Waals surface area contributed by atoms with Gasteiger partial charge in [0.2, 0.25) is 0 Å². The molecule has 0 saturated heterocycles. The first kappa shape index (κ1) is 9.55. The Hall–Kier alpha value is -0.540. The van der Waals surface area contributed by atoms with Crippen LogP contribution in [0.3, 0.4) is 0 Å². The minimum Gasteiger partial charge on any atom is -0.384 e. The van der Waals surface area contributed by atoms with Crippen LogP contribution in [0.25, 0.3) is 0 Å². The Morgan fingerprint density at radius 2 is 1.83 bits per heavy atom. The molecule has 0 fully saturated rings. The third kappa shape index (κ3) is 3.24. The summed E-state index contributed by atoms with van der Waals surface area (Å²) in [6.07, 6.45) is 0. The highest BCUT2D eigenvalue weighted by atomic mass is 79.9. The largest absolute Gasteiger partial charge is 0.384 e. The Morgan fingerprint density at radius 1 is 1.17 bits per heavy atom. The van der Waals surface area contributed by atoms with Gasteiger partial charge in [0.25, 0.3) is 0 Å². The minimum absolute atomic E-state index is 0.956. The quantitative estimate of drug-likeness (QED) is 0.772. The van der Waals surface area contributed by atoms with E-state index in [2.05, 4.69) is 38.7 Å². The van der Waals surface area contributed by atoms with Crippen molar-refractivity contribution in [2.75, 3.05) is 25.5 Å². The normalized spacial score (nSPS) is 9.83. The predicted molar refractivity (Wildman–Crippen MR) is 56.6 cm³/mol. The third-order valence-electron chi connectivity index (χ3n) is 1.55. The van der Waals surface area contributed by atoms with Crippen LogP contribution in [-0.2, 0) is 0 Å². The van der Waals surface area contributed by atoms with Gasteiger partial charge >= 0.3 is 0 Å². The molecule has 1 aromatic rings. The molecule has 0 amide bonds. The van der Waals surface area contributed by atoms with Crippen LogP contribution in [0, 0.1) is 0 Å². The fraction of sp³-hybridized carbons (Fsp3) is 0.333. The summed E-state index contributed by atoms with van der Waals surface area (Å²) < 4.78 is 1.11. The lowest BCUT2D eigenvalue weighted by atomic mass is 10.3. The summed E-state index contributed by atoms with van der Waals surface area (Å²) in [5.74, 6) is 0. The zero-order valence-electron chi connectivity index (χ0n) is 7.10. The van der Waals surface area contributed by atoms with E-state index in [-0.39, 0.29) is 0 Å². The number of benzene rings is 1. The molecule has 2 nitrogen and oxygen atoms in total. The molecule has 0 aliphatic rings. The van der Waals surface area contributed by atoms with Gasteiger partial charge in [0.1, 0.15) is 0 Å². The summed E-state index contributed by atoms with van der Waals surface area (Å²) in [6.45, 7) is 1.94. The van der Waals surface area contributed by atoms with E-state index in [1.807, 2.05) is 19.2 Å². The fourth-order valence-corrected chi connectivity index (χ4v) is 1.16. The molecule has 0 radical (unpaired) electrons. The molecule has 0 atom stereocenters. The molecule has 2 N–H and O–H groups in total. The molecule has 0 bridgehead atoms. The molecule has 12 heavy (non-hydrogen) atoms. The van der Waals surface area contributed by atoms with Crippen LogP contribution in [0.1, 0.15) is 0 Å². The highest BCUT2D eigenvalue weighted by Crippen LogP contribution is 2.13. The van der Waals surface area contributed by atoms with E-state index >= 15 is 0 Å². The van der Waals surface area contributed by atoms with E-state index in [0.717, 1.165) is 23.2 Å². The Kier molecular flexibility index (Phi) is 4.11. The lowest BCUT2D eigenvalue weighted by Gasteiger charge is -2.04. The summed E-state index contributed by atoms with van der Waals surface area (Å²) >= 11 is 3.39. The molecule has 0 spiro atoms. The third-order valence-corrected chi connectivity index (χ3v) is 2.08. The molecule has 0 aromatic heterocycles. The second kappa shape index (κ2) is 5.17. The Bertz CT molecular complexity index is 220. The van der Waals surface area contributed by atoms with Crippen molar-refractivity contribution >= 4 is 21.6 Å². The molecule has 0 aliphatic heterocycles. The molecule has 66 valence electrons. The van der Waals surface area contributed by atoms with Gasteiger partial charge in [0.15, 0.2) is 0 Å². The molecular formula is C9H13BrN2. The Balaban J connectivity index is 2.37. The number of hydrogen-bond donors (Lipinski definition) is 2. The van der Waals surface area contributed by atoms with Crippen molar-refractivity contribution < 1.29 is 0 Å². The molecule has 3 heteroatoms. The van der Waals surface area contributed by atoms with Gasteiger partial charge in [-0.05, 0) is 31.3 Å². The minimum atomic E-state index is 0.956. The van der Waals surface area contributed by atoms with Gasteiger partial charge in [-0.2, -0.15) is 0 Å².